The van der Waals surface area contributed by atoms with E-state index in [-0.39, 0.29) is 11.3 Å². The van der Waals surface area contributed by atoms with Crippen LogP contribution < -0.4 is 0 Å². The molecule has 0 bridgehead atoms. The Hall–Kier alpha value is -1.60. The topological polar surface area (TPSA) is 112 Å². The van der Waals surface area contributed by atoms with Gasteiger partial charge < -0.3 is 10.2 Å². The van der Waals surface area contributed by atoms with E-state index in [1.807, 2.05) is 0 Å². The van der Waals surface area contributed by atoms with Gasteiger partial charge in [-0.15, -0.1) is 0 Å². The predicted octanol–water partition coefficient (Wildman–Crippen LogP) is 0.266. The molecule has 0 unspecified atom stereocenters. The lowest BCUT2D eigenvalue weighted by molar-refractivity contribution is -0.136. The van der Waals surface area contributed by atoms with Crippen LogP contribution in [0.25, 0.3) is 0 Å². The number of hydrogen-bond donors (Lipinski definition) is 3. The fourth-order valence-corrected chi connectivity index (χ4v) is 1.83. The molecule has 0 fully saturated rings. The van der Waals surface area contributed by atoms with Crippen LogP contribution in [0.3, 0.4) is 0 Å². The average molecular weight is 232 g/mol. The van der Waals surface area contributed by atoms with Gasteiger partial charge in [0.05, 0.1) is 6.42 Å². The monoisotopic (exact) mass is 232 g/mol. The Morgan fingerprint density at radius 2 is 1.93 bits per heavy atom. The van der Waals surface area contributed by atoms with Crippen molar-refractivity contribution < 1.29 is 28.0 Å². The van der Waals surface area contributed by atoms with Crippen molar-refractivity contribution in [3.05, 3.63) is 23.8 Å². The molecule has 82 valence electrons. The Morgan fingerprint density at radius 1 is 1.33 bits per heavy atom. The number of aliphatic carboxylic acids is 1. The van der Waals surface area contributed by atoms with Crippen LogP contribution in [0, 0.1) is 0 Å². The van der Waals surface area contributed by atoms with Crippen LogP contribution in [0.4, 0.5) is 0 Å². The van der Waals surface area contributed by atoms with E-state index in [1.165, 1.54) is 0 Å². The lowest BCUT2D eigenvalue weighted by atomic mass is 10.1. The molecule has 0 atom stereocenters. The van der Waals surface area contributed by atoms with E-state index in [2.05, 4.69) is 0 Å². The highest BCUT2D eigenvalue weighted by molar-refractivity contribution is 7.85. The summed E-state index contributed by atoms with van der Waals surface area (Å²) in [5.74, 6) is -1.60. The van der Waals surface area contributed by atoms with Gasteiger partial charge in [-0.2, -0.15) is 8.42 Å². The predicted molar refractivity (Wildman–Crippen MR) is 49.3 cm³/mol. The highest BCUT2D eigenvalue weighted by Gasteiger charge is 2.17. The molecule has 0 aliphatic heterocycles. The number of hydrogen-bond acceptors (Lipinski definition) is 4. The van der Waals surface area contributed by atoms with E-state index < -0.39 is 27.4 Å². The van der Waals surface area contributed by atoms with Crippen LogP contribution in [0.1, 0.15) is 5.56 Å². The van der Waals surface area contributed by atoms with Gasteiger partial charge in [0.25, 0.3) is 10.1 Å². The molecule has 0 amide bonds. The van der Waals surface area contributed by atoms with Gasteiger partial charge in [0, 0.05) is 6.07 Å². The Bertz CT molecular complexity index is 490. The van der Waals surface area contributed by atoms with Crippen LogP contribution in [0.2, 0.25) is 0 Å². The number of benzene rings is 1. The summed E-state index contributed by atoms with van der Waals surface area (Å²) in [5, 5.41) is 17.5. The van der Waals surface area contributed by atoms with Gasteiger partial charge in [-0.25, -0.2) is 0 Å². The highest BCUT2D eigenvalue weighted by Crippen LogP contribution is 2.21. The summed E-state index contributed by atoms with van der Waals surface area (Å²) in [4.78, 5) is 9.80. The maximum absolute atomic E-state index is 10.8. The summed E-state index contributed by atoms with van der Waals surface area (Å²) in [6.45, 7) is 0. The summed E-state index contributed by atoms with van der Waals surface area (Å²) in [7, 11) is -4.52. The van der Waals surface area contributed by atoms with E-state index in [9.17, 15) is 13.2 Å². The molecule has 6 nitrogen and oxygen atoms in total. The standard InChI is InChI=1S/C8H8O6S/c9-6-2-1-5(3-8(10)11)7(4-6)15(12,13)14/h1-2,4,9H,3H2,(H,10,11)(H,12,13,14). The molecule has 7 heteroatoms. The summed E-state index contributed by atoms with van der Waals surface area (Å²) >= 11 is 0. The van der Waals surface area contributed by atoms with Crippen molar-refractivity contribution in [2.45, 2.75) is 11.3 Å². The first kappa shape index (κ1) is 11.5. The number of rotatable bonds is 3. The molecule has 0 aliphatic rings. The van der Waals surface area contributed by atoms with E-state index in [0.717, 1.165) is 18.2 Å². The third kappa shape index (κ3) is 2.93. The minimum Gasteiger partial charge on any atom is -0.508 e. The Morgan fingerprint density at radius 3 is 2.40 bits per heavy atom. The first-order chi connectivity index (χ1) is 6.80. The molecule has 0 radical (unpaired) electrons. The molecule has 0 saturated carbocycles. The molecule has 15 heavy (non-hydrogen) atoms. The minimum atomic E-state index is -4.52. The third-order valence-electron chi connectivity index (χ3n) is 1.67. The van der Waals surface area contributed by atoms with Crippen molar-refractivity contribution in [3.63, 3.8) is 0 Å². The maximum atomic E-state index is 10.8. The summed E-state index contributed by atoms with van der Waals surface area (Å²) < 4.78 is 30.5. The smallest absolute Gasteiger partial charge is 0.307 e. The molecule has 0 heterocycles. The number of phenolic OH excluding ortho intramolecular Hbond substituents is 1. The minimum absolute atomic E-state index is 0.0807. The van der Waals surface area contributed by atoms with E-state index in [0.29, 0.717) is 0 Å². The zero-order valence-electron chi connectivity index (χ0n) is 7.41. The number of aromatic hydroxyl groups is 1. The van der Waals surface area contributed by atoms with Gasteiger partial charge in [0.1, 0.15) is 10.6 Å². The van der Waals surface area contributed by atoms with Crippen molar-refractivity contribution in [1.82, 2.24) is 0 Å². The maximum Gasteiger partial charge on any atom is 0.307 e. The first-order valence-electron chi connectivity index (χ1n) is 3.82. The van der Waals surface area contributed by atoms with Crippen LogP contribution in [0.5, 0.6) is 5.75 Å². The van der Waals surface area contributed by atoms with Gasteiger partial charge in [-0.05, 0) is 11.6 Å². The van der Waals surface area contributed by atoms with Gasteiger partial charge >= 0.3 is 5.97 Å². The fourth-order valence-electron chi connectivity index (χ4n) is 1.09. The van der Waals surface area contributed by atoms with Crippen molar-refractivity contribution in [1.29, 1.82) is 0 Å². The first-order valence-corrected chi connectivity index (χ1v) is 5.26. The number of carbonyl (C=O) groups is 1. The van der Waals surface area contributed by atoms with Gasteiger partial charge in [-0.1, -0.05) is 6.07 Å². The highest BCUT2D eigenvalue weighted by atomic mass is 32.2. The Kier molecular flexibility index (Phi) is 2.96. The molecular formula is C8H8O6S. The quantitative estimate of drug-likeness (QED) is 0.645. The molecule has 3 N–H and O–H groups in total. The molecule has 0 aliphatic carbocycles. The number of phenols is 1. The normalized spacial score (nSPS) is 11.3. The van der Waals surface area contributed by atoms with Crippen molar-refractivity contribution in [2.24, 2.45) is 0 Å². The van der Waals surface area contributed by atoms with E-state index in [4.69, 9.17) is 14.8 Å². The molecule has 0 aromatic heterocycles. The van der Waals surface area contributed by atoms with Crippen molar-refractivity contribution in [3.8, 4) is 5.75 Å². The van der Waals surface area contributed by atoms with Crippen LogP contribution in [-0.2, 0) is 21.3 Å². The molecular weight excluding hydrogens is 224 g/mol. The van der Waals surface area contributed by atoms with Crippen molar-refractivity contribution >= 4 is 16.1 Å². The largest absolute Gasteiger partial charge is 0.508 e. The lowest BCUT2D eigenvalue weighted by Crippen LogP contribution is -2.07. The molecule has 1 rings (SSSR count). The molecule has 1 aromatic rings. The van der Waals surface area contributed by atoms with Crippen LogP contribution in [-0.4, -0.2) is 29.2 Å². The van der Waals surface area contributed by atoms with Gasteiger partial charge in [0.2, 0.25) is 0 Å². The third-order valence-corrected chi connectivity index (χ3v) is 2.61. The molecule has 0 spiro atoms. The lowest BCUT2D eigenvalue weighted by Gasteiger charge is -2.04. The van der Waals surface area contributed by atoms with Crippen LogP contribution >= 0.6 is 0 Å². The molecule has 1 aromatic carbocycles. The number of carboxylic acids is 1. The summed E-state index contributed by atoms with van der Waals surface area (Å²) in [6.07, 6.45) is -0.546. The zero-order valence-corrected chi connectivity index (χ0v) is 8.23. The second-order valence-corrected chi connectivity index (χ2v) is 4.23. The van der Waals surface area contributed by atoms with Gasteiger partial charge in [0.15, 0.2) is 0 Å². The second kappa shape index (κ2) is 3.87. The Labute approximate surface area is 85.5 Å². The van der Waals surface area contributed by atoms with Gasteiger partial charge in [-0.3, -0.25) is 9.35 Å². The SMILES string of the molecule is O=C(O)Cc1ccc(O)cc1S(=O)(=O)O. The fraction of sp³-hybridized carbons (Fsp3) is 0.125. The zero-order chi connectivity index (χ0) is 11.6. The Balaban J connectivity index is 3.33. The number of carboxylic acid groups (broad SMARTS) is 1. The summed E-state index contributed by atoms with van der Waals surface area (Å²) in [6, 6.07) is 3.08. The van der Waals surface area contributed by atoms with Crippen molar-refractivity contribution in [2.75, 3.05) is 0 Å². The summed E-state index contributed by atoms with van der Waals surface area (Å²) in [5.41, 5.74) is -0.0807. The van der Waals surface area contributed by atoms with Crippen LogP contribution in [0.15, 0.2) is 23.1 Å². The molecule has 0 saturated heterocycles. The van der Waals surface area contributed by atoms with E-state index in [1.54, 1.807) is 0 Å². The van der Waals surface area contributed by atoms with E-state index >= 15 is 0 Å². The average Bonchev–Trinajstić information content (AvgIpc) is 2.05. The second-order valence-electron chi connectivity index (χ2n) is 2.84.